The molecule has 1 amide bonds. The van der Waals surface area contributed by atoms with Gasteiger partial charge in [0, 0.05) is 30.6 Å². The Labute approximate surface area is 234 Å². The molecule has 0 bridgehead atoms. The maximum Gasteiger partial charge on any atom is 0.264 e. The molecule has 210 valence electrons. The highest BCUT2D eigenvalue weighted by atomic mass is 35.5. The van der Waals surface area contributed by atoms with Gasteiger partial charge < -0.3 is 10.2 Å². The summed E-state index contributed by atoms with van der Waals surface area (Å²) in [4.78, 5) is 14.6. The summed E-state index contributed by atoms with van der Waals surface area (Å²) in [5.41, 5.74) is 0.896. The minimum Gasteiger partial charge on any atom is -0.355 e. The molecule has 0 aliphatic heterocycles. The molecule has 1 atom stereocenters. The predicted molar refractivity (Wildman–Crippen MR) is 151 cm³/mol. The van der Waals surface area contributed by atoms with Gasteiger partial charge in [-0.25, -0.2) is 17.2 Å². The first kappa shape index (κ1) is 30.5. The number of nitrogens with one attached hydrogen (secondary N) is 1. The van der Waals surface area contributed by atoms with E-state index in [0.717, 1.165) is 47.7 Å². The standard InChI is InChI=1S/C29H34ClF2N3O3S/c1-4-34(5-2)19-18-33-29(36)17-10-22-8-6-7-9-26(22)21(3)35(28-20-24(31)13-16-27(28)32)39(37,38)25-14-11-23(30)12-15-25/h6-9,11-16,20-21H,4-5,10,17-19H2,1-3H3,(H,33,36)/t21-/m1/s1. The van der Waals surface area contributed by atoms with Crippen LogP contribution in [-0.2, 0) is 21.2 Å². The SMILES string of the molecule is CCN(CC)CCNC(=O)CCc1ccccc1[C@@H](C)N(c1cc(F)ccc1F)S(=O)(=O)c1ccc(Cl)cc1. The number of sulfonamides is 1. The number of rotatable bonds is 13. The second-order valence-electron chi connectivity index (χ2n) is 9.10. The molecule has 0 unspecified atom stereocenters. The second-order valence-corrected chi connectivity index (χ2v) is 11.4. The molecule has 39 heavy (non-hydrogen) atoms. The average molecular weight is 578 g/mol. The summed E-state index contributed by atoms with van der Waals surface area (Å²) in [5, 5.41) is 3.26. The molecule has 0 fully saturated rings. The van der Waals surface area contributed by atoms with Crippen molar-refractivity contribution < 1.29 is 22.0 Å². The van der Waals surface area contributed by atoms with Gasteiger partial charge in [-0.1, -0.05) is 49.7 Å². The van der Waals surface area contributed by atoms with Crippen molar-refractivity contribution in [2.45, 2.75) is 44.6 Å². The molecule has 0 saturated heterocycles. The van der Waals surface area contributed by atoms with E-state index < -0.39 is 33.4 Å². The molecule has 0 saturated carbocycles. The predicted octanol–water partition coefficient (Wildman–Crippen LogP) is 5.97. The highest BCUT2D eigenvalue weighted by Gasteiger charge is 2.33. The number of likely N-dealkylation sites (N-methyl/N-ethyl adjacent to an activating group) is 1. The van der Waals surface area contributed by atoms with E-state index in [9.17, 15) is 17.6 Å². The van der Waals surface area contributed by atoms with Crippen LogP contribution in [0.3, 0.4) is 0 Å². The van der Waals surface area contributed by atoms with Crippen LogP contribution in [0.25, 0.3) is 0 Å². The summed E-state index contributed by atoms with van der Waals surface area (Å²) >= 11 is 5.95. The minimum absolute atomic E-state index is 0.118. The summed E-state index contributed by atoms with van der Waals surface area (Å²) < 4.78 is 57.9. The number of halogens is 3. The topological polar surface area (TPSA) is 69.7 Å². The largest absolute Gasteiger partial charge is 0.355 e. The van der Waals surface area contributed by atoms with Gasteiger partial charge >= 0.3 is 0 Å². The zero-order valence-corrected chi connectivity index (χ0v) is 23.9. The van der Waals surface area contributed by atoms with Crippen LogP contribution in [0, 0.1) is 11.6 Å². The molecular weight excluding hydrogens is 544 g/mol. The van der Waals surface area contributed by atoms with Gasteiger partial charge in [0.15, 0.2) is 0 Å². The second kappa shape index (κ2) is 13.9. The normalized spacial score (nSPS) is 12.4. The van der Waals surface area contributed by atoms with E-state index in [2.05, 4.69) is 24.1 Å². The Morgan fingerprint density at radius 1 is 1.00 bits per heavy atom. The third kappa shape index (κ3) is 7.77. The van der Waals surface area contributed by atoms with E-state index in [0.29, 0.717) is 23.6 Å². The van der Waals surface area contributed by atoms with Crippen LogP contribution >= 0.6 is 11.6 Å². The Hall–Kier alpha value is -3.01. The molecule has 0 radical (unpaired) electrons. The molecule has 6 nitrogen and oxygen atoms in total. The molecule has 1 N–H and O–H groups in total. The van der Waals surface area contributed by atoms with Crippen molar-refractivity contribution in [2.24, 2.45) is 0 Å². The zero-order valence-electron chi connectivity index (χ0n) is 22.3. The van der Waals surface area contributed by atoms with E-state index in [1.165, 1.54) is 24.3 Å². The molecule has 0 aliphatic carbocycles. The third-order valence-corrected chi connectivity index (χ3v) is 8.79. The Kier molecular flexibility index (Phi) is 10.9. The van der Waals surface area contributed by atoms with Crippen molar-refractivity contribution in [3.05, 3.63) is 94.5 Å². The molecule has 10 heteroatoms. The first-order valence-corrected chi connectivity index (χ1v) is 14.7. The first-order valence-electron chi connectivity index (χ1n) is 12.9. The fraction of sp³-hybridized carbons (Fsp3) is 0.345. The summed E-state index contributed by atoms with van der Waals surface area (Å²) in [6, 6.07) is 14.3. The molecular formula is C29H34ClF2N3O3S. The fourth-order valence-corrected chi connectivity index (χ4v) is 6.21. The highest BCUT2D eigenvalue weighted by Crippen LogP contribution is 2.37. The minimum atomic E-state index is -4.35. The molecule has 0 spiro atoms. The number of aryl methyl sites for hydroxylation is 1. The number of carbonyl (C=O) groups is 1. The molecule has 0 aliphatic rings. The van der Waals surface area contributed by atoms with Crippen molar-refractivity contribution in [1.82, 2.24) is 10.2 Å². The van der Waals surface area contributed by atoms with Crippen LogP contribution < -0.4 is 9.62 Å². The number of hydrogen-bond donors (Lipinski definition) is 1. The van der Waals surface area contributed by atoms with Crippen LogP contribution in [-0.4, -0.2) is 45.4 Å². The van der Waals surface area contributed by atoms with Gasteiger partial charge in [-0.2, -0.15) is 0 Å². The number of nitrogens with zero attached hydrogens (tertiary/aromatic N) is 2. The van der Waals surface area contributed by atoms with Gasteiger partial charge in [0.05, 0.1) is 16.6 Å². The highest BCUT2D eigenvalue weighted by molar-refractivity contribution is 7.92. The van der Waals surface area contributed by atoms with Crippen LogP contribution in [0.15, 0.2) is 71.6 Å². The molecule has 3 rings (SSSR count). The number of hydrogen-bond acceptors (Lipinski definition) is 4. The van der Waals surface area contributed by atoms with Crippen molar-refractivity contribution in [2.75, 3.05) is 30.5 Å². The lowest BCUT2D eigenvalue weighted by atomic mass is 9.97. The first-order chi connectivity index (χ1) is 18.6. The van der Waals surface area contributed by atoms with Gasteiger partial charge in [-0.05, 0) is 74.0 Å². The Morgan fingerprint density at radius 2 is 1.67 bits per heavy atom. The molecule has 3 aromatic carbocycles. The summed E-state index contributed by atoms with van der Waals surface area (Å²) in [7, 11) is -4.35. The van der Waals surface area contributed by atoms with Crippen molar-refractivity contribution in [3.63, 3.8) is 0 Å². The van der Waals surface area contributed by atoms with Crippen molar-refractivity contribution in [1.29, 1.82) is 0 Å². The number of carbonyl (C=O) groups excluding carboxylic acids is 1. The molecule has 3 aromatic rings. The summed E-state index contributed by atoms with van der Waals surface area (Å²) in [6.45, 7) is 8.83. The maximum absolute atomic E-state index is 15.0. The van der Waals surface area contributed by atoms with E-state index in [4.69, 9.17) is 11.6 Å². The number of anilines is 1. The quantitative estimate of drug-likeness (QED) is 0.272. The van der Waals surface area contributed by atoms with Crippen LogP contribution in [0.4, 0.5) is 14.5 Å². The fourth-order valence-electron chi connectivity index (χ4n) is 4.45. The summed E-state index contributed by atoms with van der Waals surface area (Å²) in [6.07, 6.45) is 0.540. The third-order valence-electron chi connectivity index (χ3n) is 6.64. The van der Waals surface area contributed by atoms with E-state index in [1.54, 1.807) is 25.1 Å². The zero-order chi connectivity index (χ0) is 28.6. The van der Waals surface area contributed by atoms with Gasteiger partial charge in [0.1, 0.15) is 11.6 Å². The van der Waals surface area contributed by atoms with E-state index in [1.807, 2.05) is 6.07 Å². The van der Waals surface area contributed by atoms with Crippen LogP contribution in [0.5, 0.6) is 0 Å². The summed E-state index contributed by atoms with van der Waals surface area (Å²) in [5.74, 6) is -1.78. The van der Waals surface area contributed by atoms with Gasteiger partial charge in [0.2, 0.25) is 5.91 Å². The van der Waals surface area contributed by atoms with E-state index >= 15 is 4.39 Å². The Bertz CT molecular complexity index is 1370. The molecule has 0 aromatic heterocycles. The van der Waals surface area contributed by atoms with Gasteiger partial charge in [-0.15, -0.1) is 0 Å². The van der Waals surface area contributed by atoms with Crippen LogP contribution in [0.2, 0.25) is 5.02 Å². The maximum atomic E-state index is 15.0. The van der Waals surface area contributed by atoms with Crippen LogP contribution in [0.1, 0.15) is 44.4 Å². The van der Waals surface area contributed by atoms with Gasteiger partial charge in [-0.3, -0.25) is 9.10 Å². The molecule has 0 heterocycles. The number of benzene rings is 3. The lowest BCUT2D eigenvalue weighted by Gasteiger charge is -2.32. The lowest BCUT2D eigenvalue weighted by Crippen LogP contribution is -2.35. The number of amides is 1. The Balaban J connectivity index is 1.92. The smallest absolute Gasteiger partial charge is 0.264 e. The van der Waals surface area contributed by atoms with E-state index in [-0.39, 0.29) is 17.2 Å². The lowest BCUT2D eigenvalue weighted by molar-refractivity contribution is -0.121. The Morgan fingerprint density at radius 3 is 2.33 bits per heavy atom. The van der Waals surface area contributed by atoms with Crippen molar-refractivity contribution in [3.8, 4) is 0 Å². The van der Waals surface area contributed by atoms with Gasteiger partial charge in [0.25, 0.3) is 10.0 Å². The average Bonchev–Trinajstić information content (AvgIpc) is 2.92. The monoisotopic (exact) mass is 577 g/mol. The van der Waals surface area contributed by atoms with Crippen molar-refractivity contribution >= 4 is 33.2 Å².